The first kappa shape index (κ1) is 30.1. The Bertz CT molecular complexity index is 1440. The number of hydrogen-bond acceptors (Lipinski definition) is 5. The second-order valence-electron chi connectivity index (χ2n) is 10.6. The number of rotatable bonds is 7. The SMILES string of the molecule is C=C1CN(S(=O)(=O)c2ccc(C)cc2)CCc2cc(CCCC)cc(n2)CCN(S(=O)(=O)c2ccc(C)cc2)C1. The van der Waals surface area contributed by atoms with Crippen LogP contribution in [0.2, 0.25) is 0 Å². The largest absolute Gasteiger partial charge is 0.258 e. The number of hydrogen-bond donors (Lipinski definition) is 0. The van der Waals surface area contributed by atoms with E-state index in [0.29, 0.717) is 18.4 Å². The van der Waals surface area contributed by atoms with Gasteiger partial charge in [0.15, 0.2) is 0 Å². The molecule has 1 aliphatic rings. The third-order valence-electron chi connectivity index (χ3n) is 7.16. The molecule has 2 bridgehead atoms. The van der Waals surface area contributed by atoms with E-state index in [4.69, 9.17) is 4.98 Å². The maximum atomic E-state index is 13.8. The van der Waals surface area contributed by atoms with Gasteiger partial charge in [-0.1, -0.05) is 55.3 Å². The van der Waals surface area contributed by atoms with Crippen LogP contribution in [0.5, 0.6) is 0 Å². The van der Waals surface area contributed by atoms with Crippen molar-refractivity contribution in [1.82, 2.24) is 13.6 Å². The van der Waals surface area contributed by atoms with Gasteiger partial charge in [-0.05, 0) is 74.2 Å². The molecule has 0 amide bonds. The molecule has 4 rings (SSSR count). The van der Waals surface area contributed by atoms with E-state index >= 15 is 0 Å². The Labute approximate surface area is 239 Å². The molecule has 0 fully saturated rings. The second kappa shape index (κ2) is 12.8. The molecular weight excluding hydrogens is 542 g/mol. The average molecular weight is 582 g/mol. The first-order chi connectivity index (χ1) is 19.0. The van der Waals surface area contributed by atoms with Crippen molar-refractivity contribution in [3.05, 3.63) is 101 Å². The van der Waals surface area contributed by atoms with Crippen LogP contribution in [0.15, 0.2) is 82.6 Å². The summed E-state index contributed by atoms with van der Waals surface area (Å²) in [6.07, 6.45) is 3.89. The maximum absolute atomic E-state index is 13.8. The minimum absolute atomic E-state index is 0.0124. The summed E-state index contributed by atoms with van der Waals surface area (Å²) in [7, 11) is -7.70. The number of nitrogens with zero attached hydrogens (tertiary/aromatic N) is 3. The van der Waals surface area contributed by atoms with Crippen molar-refractivity contribution in [2.24, 2.45) is 0 Å². The fourth-order valence-corrected chi connectivity index (χ4v) is 7.74. The number of aromatic nitrogens is 1. The Balaban J connectivity index is 1.74. The fraction of sp³-hybridized carbons (Fsp3) is 0.387. The summed E-state index contributed by atoms with van der Waals surface area (Å²) in [6.45, 7) is 10.5. The Morgan fingerprint density at radius 1 is 0.750 bits per heavy atom. The number of fused-ring (bicyclic) bond motifs is 2. The van der Waals surface area contributed by atoms with E-state index in [1.54, 1.807) is 48.5 Å². The molecule has 0 radical (unpaired) electrons. The monoisotopic (exact) mass is 581 g/mol. The zero-order valence-electron chi connectivity index (χ0n) is 23.6. The highest BCUT2D eigenvalue weighted by molar-refractivity contribution is 7.89. The van der Waals surface area contributed by atoms with E-state index in [0.717, 1.165) is 47.3 Å². The molecule has 0 N–H and O–H groups in total. The molecule has 214 valence electrons. The van der Waals surface area contributed by atoms with E-state index < -0.39 is 20.0 Å². The van der Waals surface area contributed by atoms with Gasteiger partial charge in [-0.15, -0.1) is 0 Å². The van der Waals surface area contributed by atoms with Gasteiger partial charge in [0.25, 0.3) is 0 Å². The molecule has 40 heavy (non-hydrogen) atoms. The van der Waals surface area contributed by atoms with Crippen LogP contribution in [0.25, 0.3) is 0 Å². The van der Waals surface area contributed by atoms with Crippen LogP contribution in [0.1, 0.15) is 47.8 Å². The molecule has 0 saturated heterocycles. The number of benzene rings is 2. The van der Waals surface area contributed by atoms with Gasteiger partial charge in [-0.3, -0.25) is 4.98 Å². The van der Waals surface area contributed by atoms with Gasteiger partial charge < -0.3 is 0 Å². The molecule has 7 nitrogen and oxygen atoms in total. The molecule has 3 aromatic rings. The normalized spacial score (nSPS) is 16.3. The van der Waals surface area contributed by atoms with Gasteiger partial charge in [0.05, 0.1) is 9.79 Å². The van der Waals surface area contributed by atoms with Crippen molar-refractivity contribution in [2.75, 3.05) is 26.2 Å². The lowest BCUT2D eigenvalue weighted by Crippen LogP contribution is -2.40. The van der Waals surface area contributed by atoms with E-state index in [1.807, 2.05) is 13.8 Å². The van der Waals surface area contributed by atoms with Crippen LogP contribution in [-0.4, -0.2) is 56.6 Å². The lowest BCUT2D eigenvalue weighted by Gasteiger charge is -2.28. The summed E-state index contributed by atoms with van der Waals surface area (Å²) in [4.78, 5) is 5.23. The van der Waals surface area contributed by atoms with Gasteiger partial charge in [0, 0.05) is 50.4 Å². The minimum atomic E-state index is -3.85. The summed E-state index contributed by atoms with van der Waals surface area (Å²) in [5, 5.41) is 0. The molecule has 0 aliphatic carbocycles. The van der Waals surface area contributed by atoms with Crippen molar-refractivity contribution >= 4 is 20.0 Å². The van der Waals surface area contributed by atoms with Crippen molar-refractivity contribution in [3.8, 4) is 0 Å². The Morgan fingerprint density at radius 3 is 1.57 bits per heavy atom. The van der Waals surface area contributed by atoms with E-state index in [1.165, 1.54) is 8.61 Å². The Kier molecular flexibility index (Phi) is 9.61. The smallest absolute Gasteiger partial charge is 0.243 e. The standard InChI is InChI=1S/C31H39N3O4S2/c1-5-6-7-27-20-28-16-18-33(39(35,36)30-12-8-24(2)9-13-30)22-26(4)23-34(19-17-29(21-27)32-28)40(37,38)31-14-10-25(3)11-15-31/h8-15,20-21H,4-7,16-19,22-23H2,1-3H3. The molecule has 1 aromatic heterocycles. The van der Waals surface area contributed by atoms with Gasteiger partial charge >= 0.3 is 0 Å². The third-order valence-corrected chi connectivity index (χ3v) is 10.9. The van der Waals surface area contributed by atoms with Crippen molar-refractivity contribution < 1.29 is 16.8 Å². The first-order valence-corrected chi connectivity index (χ1v) is 16.7. The summed E-state index contributed by atoms with van der Waals surface area (Å²) in [6, 6.07) is 17.7. The zero-order valence-corrected chi connectivity index (χ0v) is 25.3. The number of aryl methyl sites for hydroxylation is 3. The molecule has 0 unspecified atom stereocenters. The van der Waals surface area contributed by atoms with Crippen molar-refractivity contribution in [3.63, 3.8) is 0 Å². The Morgan fingerprint density at radius 2 is 1.18 bits per heavy atom. The molecule has 2 aromatic carbocycles. The van der Waals surface area contributed by atoms with Gasteiger partial charge in [0.2, 0.25) is 20.0 Å². The highest BCUT2D eigenvalue weighted by Gasteiger charge is 2.29. The van der Waals surface area contributed by atoms with E-state index in [2.05, 4.69) is 25.6 Å². The summed E-state index contributed by atoms with van der Waals surface area (Å²) < 4.78 is 57.8. The van der Waals surface area contributed by atoms with Gasteiger partial charge in [-0.2, -0.15) is 8.61 Å². The molecule has 9 heteroatoms. The fourth-order valence-electron chi connectivity index (χ4n) is 4.81. The topological polar surface area (TPSA) is 87.7 Å². The quantitative estimate of drug-likeness (QED) is 0.363. The van der Waals surface area contributed by atoms with E-state index in [-0.39, 0.29) is 36.0 Å². The maximum Gasteiger partial charge on any atom is 0.243 e. The van der Waals surface area contributed by atoms with Crippen LogP contribution in [0, 0.1) is 13.8 Å². The second-order valence-corrected chi connectivity index (χ2v) is 14.5. The lowest BCUT2D eigenvalue weighted by molar-refractivity contribution is 0.401. The van der Waals surface area contributed by atoms with Crippen LogP contribution < -0.4 is 0 Å². The molecule has 1 aliphatic heterocycles. The summed E-state index contributed by atoms with van der Waals surface area (Å²) in [5.41, 5.74) is 5.21. The average Bonchev–Trinajstić information content (AvgIpc) is 2.91. The lowest BCUT2D eigenvalue weighted by atomic mass is 10.1. The predicted molar refractivity (Wildman–Crippen MR) is 159 cm³/mol. The highest BCUT2D eigenvalue weighted by Crippen LogP contribution is 2.23. The molecule has 0 atom stereocenters. The molecule has 0 spiro atoms. The minimum Gasteiger partial charge on any atom is -0.258 e. The van der Waals surface area contributed by atoms with Crippen LogP contribution in [-0.2, 0) is 39.3 Å². The highest BCUT2D eigenvalue weighted by atomic mass is 32.2. The molecule has 0 saturated carbocycles. The summed E-state index contributed by atoms with van der Waals surface area (Å²) >= 11 is 0. The molecular formula is C31H39N3O4S2. The summed E-state index contributed by atoms with van der Waals surface area (Å²) in [5.74, 6) is 0. The third kappa shape index (κ3) is 7.26. The first-order valence-electron chi connectivity index (χ1n) is 13.8. The van der Waals surface area contributed by atoms with Gasteiger partial charge in [-0.25, -0.2) is 16.8 Å². The number of pyridine rings is 1. The van der Waals surface area contributed by atoms with Crippen LogP contribution >= 0.6 is 0 Å². The number of unbranched alkanes of at least 4 members (excludes halogenated alkanes) is 1. The van der Waals surface area contributed by atoms with Crippen LogP contribution in [0.4, 0.5) is 0 Å². The number of sulfonamides is 2. The van der Waals surface area contributed by atoms with Crippen molar-refractivity contribution in [2.45, 2.75) is 62.7 Å². The Hall–Kier alpha value is -2.85. The zero-order chi connectivity index (χ0) is 28.9. The van der Waals surface area contributed by atoms with E-state index in [9.17, 15) is 16.8 Å². The van der Waals surface area contributed by atoms with Gasteiger partial charge in [0.1, 0.15) is 0 Å². The van der Waals surface area contributed by atoms with Crippen molar-refractivity contribution in [1.29, 1.82) is 0 Å². The van der Waals surface area contributed by atoms with Crippen LogP contribution in [0.3, 0.4) is 0 Å². The molecule has 2 heterocycles. The predicted octanol–water partition coefficient (Wildman–Crippen LogP) is 5.08.